The highest BCUT2D eigenvalue weighted by atomic mass is 35.5. The van der Waals surface area contributed by atoms with Crippen LogP contribution in [0, 0.1) is 0 Å². The molecule has 0 unspecified atom stereocenters. The van der Waals surface area contributed by atoms with E-state index in [9.17, 15) is 4.79 Å². The summed E-state index contributed by atoms with van der Waals surface area (Å²) in [6.45, 7) is 1.67. The molecule has 1 aromatic carbocycles. The van der Waals surface area contributed by atoms with Gasteiger partial charge in [0.15, 0.2) is 0 Å². The quantitative estimate of drug-likeness (QED) is 0.590. The number of halogens is 1. The van der Waals surface area contributed by atoms with Crippen LogP contribution in [0.1, 0.15) is 12.5 Å². The molecule has 2 nitrogen and oxygen atoms in total. The fourth-order valence-corrected chi connectivity index (χ4v) is 1.88. The van der Waals surface area contributed by atoms with Crippen molar-refractivity contribution in [1.82, 2.24) is 0 Å². The van der Waals surface area contributed by atoms with Crippen molar-refractivity contribution in [1.29, 1.82) is 0 Å². The predicted octanol–water partition coefficient (Wildman–Crippen LogP) is 3.13. The molecule has 4 heteroatoms. The zero-order valence-electron chi connectivity index (χ0n) is 8.04. The number of thioether (sulfide) groups is 1. The molecule has 0 bridgehead atoms. The minimum Gasteiger partial charge on any atom is -0.461 e. The van der Waals surface area contributed by atoms with E-state index in [-0.39, 0.29) is 12.6 Å². The Labute approximate surface area is 92.6 Å². The lowest BCUT2D eigenvalue weighted by Gasteiger charge is -2.05. The van der Waals surface area contributed by atoms with Crippen LogP contribution in [0.3, 0.4) is 0 Å². The average molecular weight is 231 g/mol. The topological polar surface area (TPSA) is 26.3 Å². The van der Waals surface area contributed by atoms with Crippen molar-refractivity contribution in [2.75, 3.05) is 6.26 Å². The first-order valence-electron chi connectivity index (χ1n) is 4.09. The maximum Gasteiger partial charge on any atom is 0.302 e. The van der Waals surface area contributed by atoms with Crippen molar-refractivity contribution in [2.24, 2.45) is 0 Å². The van der Waals surface area contributed by atoms with Crippen LogP contribution in [-0.2, 0) is 16.1 Å². The van der Waals surface area contributed by atoms with Gasteiger partial charge in [0.1, 0.15) is 6.61 Å². The molecule has 0 atom stereocenters. The maximum absolute atomic E-state index is 10.6. The van der Waals surface area contributed by atoms with Crippen molar-refractivity contribution in [3.8, 4) is 0 Å². The molecule has 0 aliphatic rings. The minimum atomic E-state index is -0.282. The number of carbonyl (C=O) groups excluding carboxylic acids is 1. The van der Waals surface area contributed by atoms with E-state index in [1.807, 2.05) is 24.5 Å². The van der Waals surface area contributed by atoms with Crippen LogP contribution >= 0.6 is 23.4 Å². The first kappa shape index (κ1) is 11.4. The van der Waals surface area contributed by atoms with Gasteiger partial charge in [-0.05, 0) is 24.0 Å². The molecule has 0 saturated carbocycles. The van der Waals surface area contributed by atoms with E-state index in [4.69, 9.17) is 16.3 Å². The Kier molecular flexibility index (Phi) is 4.29. The van der Waals surface area contributed by atoms with Gasteiger partial charge in [-0.15, -0.1) is 11.8 Å². The second kappa shape index (κ2) is 5.27. The van der Waals surface area contributed by atoms with Crippen LogP contribution in [-0.4, -0.2) is 12.2 Å². The molecule has 0 amide bonds. The Morgan fingerprint density at radius 3 is 2.79 bits per heavy atom. The van der Waals surface area contributed by atoms with Gasteiger partial charge in [0, 0.05) is 11.8 Å². The number of hydrogen-bond donors (Lipinski definition) is 0. The standard InChI is InChI=1S/C10H11ClO2S/c1-7(12)13-6-8-3-4-10(14-2)9(11)5-8/h3-5H,6H2,1-2H3. The van der Waals surface area contributed by atoms with E-state index in [0.29, 0.717) is 5.02 Å². The average Bonchev–Trinajstić information content (AvgIpc) is 2.15. The van der Waals surface area contributed by atoms with Crippen LogP contribution in [0.2, 0.25) is 5.02 Å². The second-order valence-electron chi connectivity index (χ2n) is 2.75. The molecule has 0 saturated heterocycles. The molecule has 1 aromatic rings. The van der Waals surface area contributed by atoms with E-state index in [1.54, 1.807) is 11.8 Å². The third kappa shape index (κ3) is 3.24. The van der Waals surface area contributed by atoms with Crippen molar-refractivity contribution in [3.05, 3.63) is 28.8 Å². The molecule has 0 heterocycles. The zero-order chi connectivity index (χ0) is 10.6. The predicted molar refractivity (Wildman–Crippen MR) is 58.7 cm³/mol. The van der Waals surface area contributed by atoms with Crippen molar-refractivity contribution < 1.29 is 9.53 Å². The number of carbonyl (C=O) groups is 1. The first-order chi connectivity index (χ1) is 6.63. The molecular weight excluding hydrogens is 220 g/mol. The molecule has 14 heavy (non-hydrogen) atoms. The third-order valence-electron chi connectivity index (χ3n) is 1.66. The van der Waals surface area contributed by atoms with E-state index in [2.05, 4.69) is 0 Å². The van der Waals surface area contributed by atoms with E-state index in [1.165, 1.54) is 6.92 Å². The number of rotatable bonds is 3. The van der Waals surface area contributed by atoms with Gasteiger partial charge in [-0.1, -0.05) is 17.7 Å². The van der Waals surface area contributed by atoms with Gasteiger partial charge >= 0.3 is 5.97 Å². The molecule has 0 fully saturated rings. The van der Waals surface area contributed by atoms with Crippen LogP contribution < -0.4 is 0 Å². The van der Waals surface area contributed by atoms with E-state index < -0.39 is 0 Å². The van der Waals surface area contributed by atoms with Gasteiger partial charge in [0.2, 0.25) is 0 Å². The molecule has 0 aliphatic heterocycles. The van der Waals surface area contributed by atoms with Crippen LogP contribution in [0.4, 0.5) is 0 Å². The normalized spacial score (nSPS) is 9.93. The van der Waals surface area contributed by atoms with Gasteiger partial charge in [-0.2, -0.15) is 0 Å². The Balaban J connectivity index is 2.71. The van der Waals surface area contributed by atoms with E-state index in [0.717, 1.165) is 10.5 Å². The molecule has 0 spiro atoms. The first-order valence-corrected chi connectivity index (χ1v) is 5.69. The highest BCUT2D eigenvalue weighted by Gasteiger charge is 2.01. The second-order valence-corrected chi connectivity index (χ2v) is 4.00. The number of esters is 1. The SMILES string of the molecule is CSc1ccc(COC(C)=O)cc1Cl. The van der Waals surface area contributed by atoms with Gasteiger partial charge in [-0.3, -0.25) is 4.79 Å². The molecule has 0 aliphatic carbocycles. The summed E-state index contributed by atoms with van der Waals surface area (Å²) in [6.07, 6.45) is 1.97. The maximum atomic E-state index is 10.6. The van der Waals surface area contributed by atoms with Gasteiger partial charge in [-0.25, -0.2) is 0 Å². The zero-order valence-corrected chi connectivity index (χ0v) is 9.61. The molecular formula is C10H11ClO2S. The Bertz CT molecular complexity index is 339. The smallest absolute Gasteiger partial charge is 0.302 e. The Morgan fingerprint density at radius 1 is 1.57 bits per heavy atom. The van der Waals surface area contributed by atoms with Crippen LogP contribution in [0.5, 0.6) is 0 Å². The summed E-state index contributed by atoms with van der Waals surface area (Å²) in [7, 11) is 0. The summed E-state index contributed by atoms with van der Waals surface area (Å²) in [5, 5.41) is 0.696. The highest BCUT2D eigenvalue weighted by Crippen LogP contribution is 2.26. The van der Waals surface area contributed by atoms with Gasteiger partial charge < -0.3 is 4.74 Å². The van der Waals surface area contributed by atoms with Gasteiger partial charge in [0.05, 0.1) is 5.02 Å². The summed E-state index contributed by atoms with van der Waals surface area (Å²) in [4.78, 5) is 11.6. The van der Waals surface area contributed by atoms with E-state index >= 15 is 0 Å². The largest absolute Gasteiger partial charge is 0.461 e. The highest BCUT2D eigenvalue weighted by molar-refractivity contribution is 7.98. The molecule has 1 rings (SSSR count). The molecule has 0 radical (unpaired) electrons. The minimum absolute atomic E-state index is 0.281. The number of hydrogen-bond acceptors (Lipinski definition) is 3. The monoisotopic (exact) mass is 230 g/mol. The fourth-order valence-electron chi connectivity index (χ4n) is 0.985. The summed E-state index contributed by atoms with van der Waals surface area (Å²) in [5.41, 5.74) is 0.906. The molecule has 0 aromatic heterocycles. The summed E-state index contributed by atoms with van der Waals surface area (Å²) in [6, 6.07) is 5.64. The van der Waals surface area contributed by atoms with Crippen LogP contribution in [0.25, 0.3) is 0 Å². The molecule has 0 N–H and O–H groups in total. The fraction of sp³-hybridized carbons (Fsp3) is 0.300. The van der Waals surface area contributed by atoms with Crippen molar-refractivity contribution in [2.45, 2.75) is 18.4 Å². The van der Waals surface area contributed by atoms with Crippen molar-refractivity contribution in [3.63, 3.8) is 0 Å². The summed E-state index contributed by atoms with van der Waals surface area (Å²) in [5.74, 6) is -0.282. The number of ether oxygens (including phenoxy) is 1. The lowest BCUT2D eigenvalue weighted by atomic mass is 10.2. The van der Waals surface area contributed by atoms with Gasteiger partial charge in [0.25, 0.3) is 0 Å². The molecule has 76 valence electrons. The van der Waals surface area contributed by atoms with Crippen LogP contribution in [0.15, 0.2) is 23.1 Å². The Hall–Kier alpha value is -0.670. The Morgan fingerprint density at radius 2 is 2.29 bits per heavy atom. The lowest BCUT2D eigenvalue weighted by molar-refractivity contribution is -0.142. The summed E-state index contributed by atoms with van der Waals surface area (Å²) >= 11 is 7.57. The lowest BCUT2D eigenvalue weighted by Crippen LogP contribution is -1.98. The summed E-state index contributed by atoms with van der Waals surface area (Å²) < 4.78 is 4.85. The number of benzene rings is 1. The van der Waals surface area contributed by atoms with Crippen molar-refractivity contribution >= 4 is 29.3 Å². The third-order valence-corrected chi connectivity index (χ3v) is 2.88.